The van der Waals surface area contributed by atoms with Crippen LogP contribution in [0.1, 0.15) is 16.1 Å². The predicted octanol–water partition coefficient (Wildman–Crippen LogP) is 1.92. The lowest BCUT2D eigenvalue weighted by molar-refractivity contribution is 0.0469. The minimum atomic E-state index is -3.50. The smallest absolute Gasteiger partial charge is 0.340 e. The molecule has 0 fully saturated rings. The summed E-state index contributed by atoms with van der Waals surface area (Å²) in [6.07, 6.45) is 0.996. The van der Waals surface area contributed by atoms with E-state index in [1.54, 1.807) is 12.1 Å². The normalized spacial score (nSPS) is 11.1. The van der Waals surface area contributed by atoms with E-state index < -0.39 is 16.0 Å². The molecule has 112 valence electrons. The second-order valence-electron chi connectivity index (χ2n) is 3.99. The second-order valence-corrected chi connectivity index (χ2v) is 7.09. The summed E-state index contributed by atoms with van der Waals surface area (Å²) < 4.78 is 33.8. The van der Waals surface area contributed by atoms with Gasteiger partial charge >= 0.3 is 5.97 Å². The number of hydrogen-bond donors (Lipinski definition) is 1. The molecule has 0 unspecified atom stereocenters. The van der Waals surface area contributed by atoms with Gasteiger partial charge in [-0.1, -0.05) is 28.2 Å². The topological polar surface area (TPSA) is 98.2 Å². The van der Waals surface area contributed by atoms with Crippen LogP contribution in [0.25, 0.3) is 0 Å². The molecule has 2 aromatic rings. The first-order chi connectivity index (χ1) is 9.87. The third-order valence-electron chi connectivity index (χ3n) is 2.29. The molecular weight excluding hydrogens is 338 g/mol. The maximum Gasteiger partial charge on any atom is 0.340 e. The summed E-state index contributed by atoms with van der Waals surface area (Å²) in [4.78, 5) is 12.0. The number of hydrogen-bond acceptors (Lipinski definition) is 7. The molecule has 1 heterocycles. The minimum absolute atomic E-state index is 0.0993. The third kappa shape index (κ3) is 4.38. The van der Waals surface area contributed by atoms with E-state index in [4.69, 9.17) is 16.3 Å². The summed E-state index contributed by atoms with van der Waals surface area (Å²) in [5, 5.41) is 3.71. The Hall–Kier alpha value is -1.71. The maximum atomic E-state index is 12.0. The molecule has 0 radical (unpaired) electrons. The van der Waals surface area contributed by atoms with Gasteiger partial charge in [-0.2, -0.15) is 0 Å². The van der Waals surface area contributed by atoms with Crippen molar-refractivity contribution in [1.82, 2.24) is 9.59 Å². The number of para-hydroxylation sites is 1. The van der Waals surface area contributed by atoms with Gasteiger partial charge in [-0.15, -0.1) is 5.10 Å². The summed E-state index contributed by atoms with van der Waals surface area (Å²) in [6.45, 7) is -0.138. The van der Waals surface area contributed by atoms with E-state index in [2.05, 4.69) is 14.3 Å². The van der Waals surface area contributed by atoms with Crippen molar-refractivity contribution in [2.24, 2.45) is 0 Å². The Morgan fingerprint density at radius 1 is 1.43 bits per heavy atom. The van der Waals surface area contributed by atoms with E-state index >= 15 is 0 Å². The Balaban J connectivity index is 2.14. The number of aromatic nitrogens is 2. The number of benzene rings is 1. The average molecular weight is 348 g/mol. The van der Waals surface area contributed by atoms with Crippen molar-refractivity contribution >= 4 is 44.8 Å². The van der Waals surface area contributed by atoms with Gasteiger partial charge in [0.05, 0.1) is 17.5 Å². The van der Waals surface area contributed by atoms with Crippen molar-refractivity contribution < 1.29 is 17.9 Å². The molecule has 0 spiro atoms. The highest BCUT2D eigenvalue weighted by Gasteiger charge is 2.16. The average Bonchev–Trinajstić information content (AvgIpc) is 2.80. The van der Waals surface area contributed by atoms with Crippen LogP contribution in [0, 0.1) is 0 Å². The minimum Gasteiger partial charge on any atom is -0.455 e. The van der Waals surface area contributed by atoms with Crippen LogP contribution in [0.5, 0.6) is 0 Å². The third-order valence-corrected chi connectivity index (χ3v) is 3.87. The van der Waals surface area contributed by atoms with Crippen LogP contribution in [-0.2, 0) is 21.4 Å². The maximum absolute atomic E-state index is 12.0. The van der Waals surface area contributed by atoms with Crippen molar-refractivity contribution in [3.05, 3.63) is 39.9 Å². The standard InChI is InChI=1S/C11H10ClN3O4S2/c1-21(17,18)14-8-5-3-2-4-7(8)11(16)19-6-9-10(12)20-15-13-9/h2-5,14H,6H2,1H3. The Kier molecular flexibility index (Phi) is 4.76. The molecule has 0 saturated heterocycles. The molecule has 2 rings (SSSR count). The van der Waals surface area contributed by atoms with E-state index in [9.17, 15) is 13.2 Å². The fourth-order valence-electron chi connectivity index (χ4n) is 1.44. The monoisotopic (exact) mass is 347 g/mol. The Bertz CT molecular complexity index is 760. The van der Waals surface area contributed by atoms with E-state index in [0.717, 1.165) is 17.8 Å². The first kappa shape index (κ1) is 15.7. The molecule has 0 amide bonds. The fourth-order valence-corrected chi connectivity index (χ4v) is 2.62. The number of carbonyl (C=O) groups is 1. The zero-order chi connectivity index (χ0) is 15.5. The van der Waals surface area contributed by atoms with E-state index in [-0.39, 0.29) is 17.9 Å². The van der Waals surface area contributed by atoms with Crippen molar-refractivity contribution in [2.75, 3.05) is 11.0 Å². The highest BCUT2D eigenvalue weighted by Crippen LogP contribution is 2.20. The van der Waals surface area contributed by atoms with Crippen molar-refractivity contribution in [3.8, 4) is 0 Å². The first-order valence-corrected chi connectivity index (χ1v) is 8.62. The quantitative estimate of drug-likeness (QED) is 0.830. The zero-order valence-electron chi connectivity index (χ0n) is 10.7. The van der Waals surface area contributed by atoms with E-state index in [0.29, 0.717) is 10.0 Å². The second kappa shape index (κ2) is 6.37. The number of rotatable bonds is 5. The van der Waals surface area contributed by atoms with Gasteiger partial charge in [-0.25, -0.2) is 13.2 Å². The van der Waals surface area contributed by atoms with Gasteiger partial charge in [0.2, 0.25) is 10.0 Å². The van der Waals surface area contributed by atoms with Gasteiger partial charge in [-0.05, 0) is 12.1 Å². The summed E-state index contributed by atoms with van der Waals surface area (Å²) in [5.74, 6) is -0.689. The Morgan fingerprint density at radius 2 is 2.14 bits per heavy atom. The van der Waals surface area contributed by atoms with Crippen LogP contribution in [0.15, 0.2) is 24.3 Å². The van der Waals surface area contributed by atoms with E-state index in [1.165, 1.54) is 12.1 Å². The molecule has 0 aliphatic heterocycles. The number of esters is 1. The van der Waals surface area contributed by atoms with Crippen LogP contribution in [0.3, 0.4) is 0 Å². The summed E-state index contributed by atoms with van der Waals surface area (Å²) in [5.41, 5.74) is 0.596. The molecule has 0 bridgehead atoms. The molecule has 1 aromatic carbocycles. The number of halogens is 1. The largest absolute Gasteiger partial charge is 0.455 e. The summed E-state index contributed by atoms with van der Waals surface area (Å²) in [6, 6.07) is 6.12. The van der Waals surface area contributed by atoms with Gasteiger partial charge in [0.1, 0.15) is 16.6 Å². The summed E-state index contributed by atoms with van der Waals surface area (Å²) in [7, 11) is -3.50. The number of anilines is 1. The molecule has 0 atom stereocenters. The number of sulfonamides is 1. The molecule has 0 aliphatic carbocycles. The van der Waals surface area contributed by atoms with Crippen molar-refractivity contribution in [1.29, 1.82) is 0 Å². The lowest BCUT2D eigenvalue weighted by atomic mass is 10.2. The molecule has 0 aliphatic rings. The fraction of sp³-hybridized carbons (Fsp3) is 0.182. The lowest BCUT2D eigenvalue weighted by Gasteiger charge is -2.09. The number of ether oxygens (including phenoxy) is 1. The van der Waals surface area contributed by atoms with Crippen LogP contribution in [-0.4, -0.2) is 30.2 Å². The van der Waals surface area contributed by atoms with Crippen molar-refractivity contribution in [3.63, 3.8) is 0 Å². The van der Waals surface area contributed by atoms with E-state index in [1.807, 2.05) is 0 Å². The van der Waals surface area contributed by atoms with Crippen LogP contribution < -0.4 is 4.72 Å². The number of carbonyl (C=O) groups excluding carboxylic acids is 1. The van der Waals surface area contributed by atoms with Gasteiger partial charge in [0.15, 0.2) is 0 Å². The van der Waals surface area contributed by atoms with Crippen molar-refractivity contribution in [2.45, 2.75) is 6.61 Å². The van der Waals surface area contributed by atoms with Crippen LogP contribution in [0.2, 0.25) is 4.34 Å². The molecule has 1 aromatic heterocycles. The number of nitrogens with one attached hydrogen (secondary N) is 1. The lowest BCUT2D eigenvalue weighted by Crippen LogP contribution is -2.14. The van der Waals surface area contributed by atoms with Crippen LogP contribution in [0.4, 0.5) is 5.69 Å². The molecule has 0 saturated carbocycles. The highest BCUT2D eigenvalue weighted by atomic mass is 35.5. The van der Waals surface area contributed by atoms with Gasteiger partial charge in [-0.3, -0.25) is 4.72 Å². The van der Waals surface area contributed by atoms with Gasteiger partial charge in [0.25, 0.3) is 0 Å². The molecule has 1 N–H and O–H groups in total. The zero-order valence-corrected chi connectivity index (χ0v) is 13.1. The SMILES string of the molecule is CS(=O)(=O)Nc1ccccc1C(=O)OCc1nnsc1Cl. The van der Waals surface area contributed by atoms with Gasteiger partial charge in [0, 0.05) is 11.5 Å². The molecule has 21 heavy (non-hydrogen) atoms. The Labute approximate surface area is 130 Å². The van der Waals surface area contributed by atoms with Crippen LogP contribution >= 0.6 is 23.1 Å². The molecular formula is C11H10ClN3O4S2. The molecule has 7 nitrogen and oxygen atoms in total. The summed E-state index contributed by atoms with van der Waals surface area (Å²) >= 11 is 6.78. The van der Waals surface area contributed by atoms with Gasteiger partial charge < -0.3 is 4.74 Å². The Morgan fingerprint density at radius 3 is 2.76 bits per heavy atom. The first-order valence-electron chi connectivity index (χ1n) is 5.57. The predicted molar refractivity (Wildman–Crippen MR) is 78.9 cm³/mol. The molecule has 10 heteroatoms. The number of nitrogens with zero attached hydrogens (tertiary/aromatic N) is 2. The highest BCUT2D eigenvalue weighted by molar-refractivity contribution is 7.92.